The van der Waals surface area contributed by atoms with Gasteiger partial charge in [0.25, 0.3) is 0 Å². The number of aliphatic hydroxyl groups is 1. The van der Waals surface area contributed by atoms with Gasteiger partial charge in [0.1, 0.15) is 11.8 Å². The second kappa shape index (κ2) is 9.01. The van der Waals surface area contributed by atoms with Crippen molar-refractivity contribution in [1.29, 1.82) is 0 Å². The summed E-state index contributed by atoms with van der Waals surface area (Å²) in [5, 5.41) is 16.9. The Bertz CT molecular complexity index is 970. The number of anilines is 1. The molecular formula is C22H22N2O4. The van der Waals surface area contributed by atoms with E-state index >= 15 is 0 Å². The van der Waals surface area contributed by atoms with Crippen LogP contribution < -0.4 is 15.4 Å². The zero-order chi connectivity index (χ0) is 19.9. The Morgan fingerprint density at radius 1 is 1.00 bits per heavy atom. The maximum Gasteiger partial charge on any atom is 0.249 e. The minimum atomic E-state index is -1.03. The van der Waals surface area contributed by atoms with Crippen LogP contribution >= 0.6 is 0 Å². The van der Waals surface area contributed by atoms with Crippen molar-refractivity contribution >= 4 is 28.3 Å². The Hall–Kier alpha value is -3.38. The summed E-state index contributed by atoms with van der Waals surface area (Å²) in [6, 6.07) is 19.4. The zero-order valence-electron chi connectivity index (χ0n) is 15.5. The fraction of sp³-hybridized carbons (Fsp3) is 0.182. The quantitative estimate of drug-likeness (QED) is 0.590. The third-order valence-electron chi connectivity index (χ3n) is 4.37. The molecule has 0 saturated carbocycles. The van der Waals surface area contributed by atoms with Crippen molar-refractivity contribution in [2.75, 3.05) is 19.0 Å². The lowest BCUT2D eigenvalue weighted by Gasteiger charge is -2.16. The summed E-state index contributed by atoms with van der Waals surface area (Å²) in [5.41, 5.74) is 1.39. The van der Waals surface area contributed by atoms with E-state index in [1.54, 1.807) is 31.4 Å². The number of amides is 2. The van der Waals surface area contributed by atoms with Crippen molar-refractivity contribution in [3.63, 3.8) is 0 Å². The predicted molar refractivity (Wildman–Crippen MR) is 108 cm³/mol. The monoisotopic (exact) mass is 378 g/mol. The molecule has 0 unspecified atom stereocenters. The van der Waals surface area contributed by atoms with Crippen molar-refractivity contribution in [3.8, 4) is 5.75 Å². The molecule has 6 nitrogen and oxygen atoms in total. The molecule has 3 N–H and O–H groups in total. The minimum Gasteiger partial charge on any atom is -0.497 e. The van der Waals surface area contributed by atoms with Gasteiger partial charge in [0.15, 0.2) is 0 Å². The highest BCUT2D eigenvalue weighted by molar-refractivity contribution is 5.97. The van der Waals surface area contributed by atoms with Gasteiger partial charge < -0.3 is 20.5 Å². The van der Waals surface area contributed by atoms with Crippen molar-refractivity contribution in [2.24, 2.45) is 0 Å². The maximum absolute atomic E-state index is 12.3. The van der Waals surface area contributed by atoms with E-state index in [1.807, 2.05) is 42.5 Å². The number of ether oxygens (including phenoxy) is 1. The highest BCUT2D eigenvalue weighted by atomic mass is 16.5. The molecule has 0 aliphatic rings. The number of carbonyl (C=O) groups excluding carboxylic acids is 2. The average Bonchev–Trinajstić information content (AvgIpc) is 2.72. The first-order chi connectivity index (χ1) is 13.6. The number of methoxy groups -OCH3 is 1. The number of nitrogens with one attached hydrogen (secondary N) is 2. The number of fused-ring (bicyclic) bond motifs is 1. The smallest absolute Gasteiger partial charge is 0.249 e. The first-order valence-corrected chi connectivity index (χ1v) is 8.92. The molecule has 3 aromatic carbocycles. The fourth-order valence-corrected chi connectivity index (χ4v) is 2.88. The van der Waals surface area contributed by atoms with Gasteiger partial charge in [-0.1, -0.05) is 42.5 Å². The third-order valence-corrected chi connectivity index (χ3v) is 4.37. The first-order valence-electron chi connectivity index (χ1n) is 8.92. The molecule has 0 heterocycles. The average molecular weight is 378 g/mol. The van der Waals surface area contributed by atoms with Crippen LogP contribution in [0.1, 0.15) is 5.56 Å². The lowest BCUT2D eigenvalue weighted by Crippen LogP contribution is -2.46. The largest absolute Gasteiger partial charge is 0.497 e. The number of carbonyl (C=O) groups is 2. The molecule has 0 spiro atoms. The molecule has 0 fully saturated rings. The normalized spacial score (nSPS) is 11.6. The summed E-state index contributed by atoms with van der Waals surface area (Å²) in [7, 11) is 1.56. The third kappa shape index (κ3) is 4.86. The molecule has 0 aromatic heterocycles. The first kappa shape index (κ1) is 19.4. The van der Waals surface area contributed by atoms with E-state index in [-0.39, 0.29) is 12.3 Å². The van der Waals surface area contributed by atoms with Crippen LogP contribution in [0.4, 0.5) is 5.69 Å². The molecule has 6 heteroatoms. The van der Waals surface area contributed by atoms with E-state index < -0.39 is 18.6 Å². The van der Waals surface area contributed by atoms with Gasteiger partial charge in [0, 0.05) is 5.69 Å². The second-order valence-electron chi connectivity index (χ2n) is 6.38. The summed E-state index contributed by atoms with van der Waals surface area (Å²) in [4.78, 5) is 24.7. The van der Waals surface area contributed by atoms with Crippen LogP contribution in [0.25, 0.3) is 10.8 Å². The summed E-state index contributed by atoms with van der Waals surface area (Å²) in [6.45, 7) is -0.495. The molecule has 0 aliphatic heterocycles. The molecule has 0 aliphatic carbocycles. The topological polar surface area (TPSA) is 87.7 Å². The Morgan fingerprint density at radius 2 is 1.71 bits per heavy atom. The van der Waals surface area contributed by atoms with Gasteiger partial charge in [0.2, 0.25) is 11.8 Å². The number of hydrogen-bond donors (Lipinski definition) is 3. The summed E-state index contributed by atoms with van der Waals surface area (Å²) >= 11 is 0. The van der Waals surface area contributed by atoms with Crippen LogP contribution in [0, 0.1) is 0 Å². The molecule has 0 saturated heterocycles. The second-order valence-corrected chi connectivity index (χ2v) is 6.38. The van der Waals surface area contributed by atoms with E-state index in [0.717, 1.165) is 16.3 Å². The Labute approximate surface area is 163 Å². The van der Waals surface area contributed by atoms with Gasteiger partial charge in [-0.05, 0) is 40.6 Å². The van der Waals surface area contributed by atoms with Gasteiger partial charge in [-0.25, -0.2) is 0 Å². The Kier molecular flexibility index (Phi) is 6.24. The summed E-state index contributed by atoms with van der Waals surface area (Å²) in [6.07, 6.45) is 0.122. The molecular weight excluding hydrogens is 356 g/mol. The number of benzene rings is 3. The minimum absolute atomic E-state index is 0.122. The Morgan fingerprint density at radius 3 is 2.39 bits per heavy atom. The van der Waals surface area contributed by atoms with Gasteiger partial charge in [-0.2, -0.15) is 0 Å². The van der Waals surface area contributed by atoms with Gasteiger partial charge in [-0.15, -0.1) is 0 Å². The lowest BCUT2D eigenvalue weighted by atomic mass is 10.0. The van der Waals surface area contributed by atoms with Crippen molar-refractivity contribution in [2.45, 2.75) is 12.5 Å². The van der Waals surface area contributed by atoms with Crippen LogP contribution in [0.3, 0.4) is 0 Å². The molecule has 1 atom stereocenters. The zero-order valence-corrected chi connectivity index (χ0v) is 15.5. The molecule has 3 aromatic rings. The SMILES string of the molecule is COc1ccc(NC(=O)[C@H](CO)NC(=O)Cc2ccc3ccccc3c2)cc1. The van der Waals surface area contributed by atoms with Gasteiger partial charge in [0.05, 0.1) is 20.1 Å². The standard InChI is InChI=1S/C22H22N2O4/c1-28-19-10-8-18(9-11-19)23-22(27)20(14-25)24-21(26)13-15-6-7-16-4-2-3-5-17(16)12-15/h2-12,20,25H,13-14H2,1H3,(H,23,27)(H,24,26)/t20-/m0/s1. The number of aliphatic hydroxyl groups excluding tert-OH is 1. The van der Waals surface area contributed by atoms with Crippen molar-refractivity contribution in [1.82, 2.24) is 5.32 Å². The van der Waals surface area contributed by atoms with E-state index in [4.69, 9.17) is 4.74 Å². The van der Waals surface area contributed by atoms with Gasteiger partial charge >= 0.3 is 0 Å². The van der Waals surface area contributed by atoms with E-state index in [0.29, 0.717) is 11.4 Å². The number of hydrogen-bond acceptors (Lipinski definition) is 4. The van der Waals surface area contributed by atoms with Crippen molar-refractivity contribution in [3.05, 3.63) is 72.3 Å². The molecule has 2 amide bonds. The fourth-order valence-electron chi connectivity index (χ4n) is 2.88. The molecule has 3 rings (SSSR count). The highest BCUT2D eigenvalue weighted by Gasteiger charge is 2.20. The summed E-state index contributed by atoms with van der Waals surface area (Å²) < 4.78 is 5.07. The molecule has 0 bridgehead atoms. The molecule has 144 valence electrons. The Balaban J connectivity index is 1.60. The van der Waals surface area contributed by atoms with E-state index in [9.17, 15) is 14.7 Å². The van der Waals surface area contributed by atoms with E-state index in [2.05, 4.69) is 10.6 Å². The van der Waals surface area contributed by atoms with Crippen molar-refractivity contribution < 1.29 is 19.4 Å². The number of rotatable bonds is 7. The van der Waals surface area contributed by atoms with Gasteiger partial charge in [-0.3, -0.25) is 9.59 Å². The lowest BCUT2D eigenvalue weighted by molar-refractivity contribution is -0.126. The predicted octanol–water partition coefficient (Wildman–Crippen LogP) is 2.51. The van der Waals surface area contributed by atoms with E-state index in [1.165, 1.54) is 0 Å². The highest BCUT2D eigenvalue weighted by Crippen LogP contribution is 2.17. The maximum atomic E-state index is 12.3. The van der Waals surface area contributed by atoms with Crippen LogP contribution in [-0.4, -0.2) is 36.7 Å². The van der Waals surface area contributed by atoms with Crippen LogP contribution in [0.15, 0.2) is 66.7 Å². The van der Waals surface area contributed by atoms with Crippen LogP contribution in [0.5, 0.6) is 5.75 Å². The van der Waals surface area contributed by atoms with Crippen LogP contribution in [-0.2, 0) is 16.0 Å². The molecule has 0 radical (unpaired) electrons. The molecule has 28 heavy (non-hydrogen) atoms. The summed E-state index contributed by atoms with van der Waals surface area (Å²) in [5.74, 6) is -0.154. The van der Waals surface area contributed by atoms with Crippen LogP contribution in [0.2, 0.25) is 0 Å².